The number of aromatic nitrogens is 1. The number of phenols is 2. The lowest BCUT2D eigenvalue weighted by atomic mass is 9.52. The number of H-pyrrole nitrogens is 1. The van der Waals surface area contributed by atoms with Gasteiger partial charge in [-0.25, -0.2) is 0 Å². The van der Waals surface area contributed by atoms with Crippen LogP contribution in [0.15, 0.2) is 128 Å². The van der Waals surface area contributed by atoms with Crippen molar-refractivity contribution in [3.05, 3.63) is 183 Å². The first-order valence-electron chi connectivity index (χ1n) is 34.0. The summed E-state index contributed by atoms with van der Waals surface area (Å²) in [7, 11) is 10.3. The molecule has 1 aromatic heterocycles. The molecule has 3 heterocycles. The number of ketones is 1. The lowest BCUT2D eigenvalue weighted by Crippen LogP contribution is -2.62. The largest absolute Gasteiger partial charge is 0.508 e. The number of rotatable bonds is 13. The van der Waals surface area contributed by atoms with Gasteiger partial charge in [-0.3, -0.25) is 4.79 Å². The lowest BCUT2D eigenvalue weighted by molar-refractivity contribution is -0.150. The van der Waals surface area contributed by atoms with E-state index in [1.54, 1.807) is 51.6 Å². The number of aromatic amines is 1. The maximum absolute atomic E-state index is 18.0. The summed E-state index contributed by atoms with van der Waals surface area (Å²) in [6.07, 6.45) is 15.6. The quantitative estimate of drug-likeness (QED) is 0.0401. The van der Waals surface area contributed by atoms with Crippen LogP contribution in [-0.4, -0.2) is 105 Å². The number of benzene rings is 6. The maximum atomic E-state index is 18.0. The van der Waals surface area contributed by atoms with Crippen molar-refractivity contribution in [2.45, 2.75) is 157 Å². The standard InChI is InChI=1S/C77H92N2O10S4/c1-4-50-17-18-51-15-10-16-60-68(42-80)93-92-43-55-34-69(84)77(58-35-57(36-59(82)37-58)76(78-2)27-11-14-48(39-76)30-47-12-6-5-7-13-47,63-45-91-90-44-56-40-75(25-8-9-26-75)28-23-65(56)89-67-33-53(63)20-22-66(67)88-46-81)74(86)71(55)72(85)54(31-49-24-29-79-41-49)32-52-19-21-64(83)73(87-3)62(52)38-61(50)70(51)60/h5-7,10,12-13,15-22,24,29,33,35-37,41,48,54-56,63,65,68-69,71-72,78-85H,4,8-9,11,14,23,25-28,30-32,34,38-40,42-46H2,1-3H3. The van der Waals surface area contributed by atoms with Crippen molar-refractivity contribution in [2.24, 2.45) is 35.0 Å². The number of carbonyl (C=O) groups excluding carboxylic acids is 1. The fourth-order valence-corrected chi connectivity index (χ4v) is 23.9. The molecule has 12 nitrogen and oxygen atoms in total. The zero-order chi connectivity index (χ0) is 64.4. The fraction of sp³-hybridized carbons (Fsp3) is 0.494. The summed E-state index contributed by atoms with van der Waals surface area (Å²) in [4.78, 5) is 21.3. The Hall–Kier alpha value is -5.27. The number of nitrogens with one attached hydrogen (secondary N) is 2. The van der Waals surface area contributed by atoms with E-state index in [2.05, 4.69) is 77.9 Å². The zero-order valence-electron chi connectivity index (χ0n) is 53.9. The van der Waals surface area contributed by atoms with E-state index in [4.69, 9.17) is 14.2 Å². The molecule has 7 aromatic rings. The molecular formula is C77H92N2O10S4. The van der Waals surface area contributed by atoms with Gasteiger partial charge in [0, 0.05) is 64.9 Å². The zero-order valence-corrected chi connectivity index (χ0v) is 57.2. The van der Waals surface area contributed by atoms with Crippen LogP contribution in [0, 0.1) is 35.0 Å². The second-order valence-corrected chi connectivity index (χ2v) is 33.0. The van der Waals surface area contributed by atoms with E-state index in [0.717, 1.165) is 119 Å². The number of phenolic OH excluding ortho intramolecular Hbond substituents is 2. The SMILES string of the molecule is CCc1ccc2cccc3c2c1Cc1c(ccc(O)c1OC)CC(Cc1cc[nH]c1)C(O)C1C(=O)C(c2cc(O)cc(C4(NC)CCCC(Cc5ccccc5)C4)c2)(C2CSSCC4CC5(CCCC5)CCC4Oc4cc2ccc4OCO)C(O)CC1CSSC3CO. The molecule has 0 saturated heterocycles. The second kappa shape index (κ2) is 28.8. The minimum atomic E-state index is -1.78. The summed E-state index contributed by atoms with van der Waals surface area (Å²) in [5.74, 6) is 0.113. The molecule has 93 heavy (non-hydrogen) atoms. The molecule has 16 heteroatoms. The fourth-order valence-electron chi connectivity index (χ4n) is 18.2. The molecule has 1 spiro atoms. The summed E-state index contributed by atoms with van der Waals surface area (Å²) in [6.45, 7) is 1.43. The Morgan fingerprint density at radius 2 is 1.59 bits per heavy atom. The third-order valence-corrected chi connectivity index (χ3v) is 28.2. The van der Waals surface area contributed by atoms with E-state index in [1.807, 2.05) is 72.7 Å². The number of aliphatic hydroxyl groups is 4. The maximum Gasteiger partial charge on any atom is 0.186 e. The number of fused-ring (bicyclic) bond motifs is 5. The normalized spacial score (nSPS) is 29.2. The van der Waals surface area contributed by atoms with Crippen molar-refractivity contribution in [3.63, 3.8) is 0 Å². The predicted octanol–water partition coefficient (Wildman–Crippen LogP) is 14.9. The predicted molar refractivity (Wildman–Crippen MR) is 378 cm³/mol. The van der Waals surface area contributed by atoms with Gasteiger partial charge >= 0.3 is 0 Å². The Morgan fingerprint density at radius 3 is 2.37 bits per heavy atom. The van der Waals surface area contributed by atoms with Gasteiger partial charge in [-0.2, -0.15) is 0 Å². The number of aryl methyl sites for hydroxylation is 1. The Morgan fingerprint density at radius 1 is 0.774 bits per heavy atom. The van der Waals surface area contributed by atoms with E-state index in [9.17, 15) is 30.6 Å². The molecule has 494 valence electrons. The van der Waals surface area contributed by atoms with E-state index in [0.29, 0.717) is 64.9 Å². The first-order valence-corrected chi connectivity index (χ1v) is 38.9. The second-order valence-electron chi connectivity index (χ2n) is 27.9. The number of aliphatic hydroxyl groups excluding tert-OH is 4. The van der Waals surface area contributed by atoms with Crippen LogP contribution in [0.2, 0.25) is 0 Å². The average Bonchev–Trinajstić information content (AvgIpc) is 1.05. The molecule has 2 aliphatic heterocycles. The molecule has 12 unspecified atom stereocenters. The van der Waals surface area contributed by atoms with Crippen LogP contribution in [0.4, 0.5) is 0 Å². The van der Waals surface area contributed by atoms with Crippen molar-refractivity contribution in [1.82, 2.24) is 10.3 Å². The summed E-state index contributed by atoms with van der Waals surface area (Å²) < 4.78 is 19.5. The molecule has 6 aromatic carbocycles. The van der Waals surface area contributed by atoms with Crippen LogP contribution in [-0.2, 0) is 47.9 Å². The van der Waals surface area contributed by atoms with Crippen LogP contribution < -0.4 is 19.5 Å². The lowest BCUT2D eigenvalue weighted by Gasteiger charge is -2.53. The molecule has 0 amide bonds. The highest BCUT2D eigenvalue weighted by Crippen LogP contribution is 2.59. The summed E-state index contributed by atoms with van der Waals surface area (Å²) in [6, 6.07) is 38.4. The van der Waals surface area contributed by atoms with Crippen molar-refractivity contribution < 1.29 is 49.6 Å². The van der Waals surface area contributed by atoms with E-state index < -0.39 is 58.9 Å². The van der Waals surface area contributed by atoms with Gasteiger partial charge in [-0.1, -0.05) is 148 Å². The third kappa shape index (κ3) is 13.1. The molecule has 13 rings (SSSR count). The Kier molecular flexibility index (Phi) is 20.6. The van der Waals surface area contributed by atoms with Crippen LogP contribution in [0.25, 0.3) is 10.8 Å². The number of Topliss-reactive ketones (excluding diaryl/α,β-unsaturated/α-hetero) is 1. The van der Waals surface area contributed by atoms with E-state index in [-0.39, 0.29) is 42.3 Å². The molecule has 8 N–H and O–H groups in total. The van der Waals surface area contributed by atoms with Gasteiger partial charge in [-0.15, -0.1) is 0 Å². The number of hydrogen-bond donors (Lipinski definition) is 8. The minimum Gasteiger partial charge on any atom is -0.508 e. The molecule has 2 bridgehead atoms. The van der Waals surface area contributed by atoms with Crippen molar-refractivity contribution in [2.75, 3.05) is 44.8 Å². The number of hydrogen-bond acceptors (Lipinski definition) is 15. The van der Waals surface area contributed by atoms with Crippen LogP contribution >= 0.6 is 43.2 Å². The molecular weight excluding hydrogens is 1240 g/mol. The minimum absolute atomic E-state index is 0.000756. The van der Waals surface area contributed by atoms with Gasteiger partial charge in [0.25, 0.3) is 0 Å². The summed E-state index contributed by atoms with van der Waals surface area (Å²) in [5.41, 5.74) is 7.11. The third-order valence-electron chi connectivity index (χ3n) is 22.8. The van der Waals surface area contributed by atoms with E-state index >= 15 is 4.79 Å². The summed E-state index contributed by atoms with van der Waals surface area (Å²) >= 11 is 0. The Balaban J connectivity index is 1.00. The first-order chi connectivity index (χ1) is 45.3. The molecule has 12 atom stereocenters. The van der Waals surface area contributed by atoms with Crippen molar-refractivity contribution in [3.8, 4) is 28.7 Å². The highest BCUT2D eigenvalue weighted by Gasteiger charge is 2.62. The van der Waals surface area contributed by atoms with Crippen LogP contribution in [0.1, 0.15) is 151 Å². The molecule has 4 aliphatic carbocycles. The number of methoxy groups -OCH3 is 1. The van der Waals surface area contributed by atoms with Gasteiger partial charge < -0.3 is 55.2 Å². The van der Waals surface area contributed by atoms with Crippen LogP contribution in [0.5, 0.6) is 28.7 Å². The topological polar surface area (TPSA) is 194 Å². The molecule has 0 radical (unpaired) electrons. The number of carbonyl (C=O) groups is 1. The smallest absolute Gasteiger partial charge is 0.186 e. The van der Waals surface area contributed by atoms with Crippen molar-refractivity contribution >= 4 is 59.7 Å². The number of ether oxygens (including phenoxy) is 3. The highest BCUT2D eigenvalue weighted by molar-refractivity contribution is 8.77. The molecule has 4 fully saturated rings. The monoisotopic (exact) mass is 1330 g/mol. The van der Waals surface area contributed by atoms with Gasteiger partial charge in [0.15, 0.2) is 35.6 Å². The first kappa shape index (κ1) is 66.3. The summed E-state index contributed by atoms with van der Waals surface area (Å²) in [5, 5.41) is 80.3. The highest BCUT2D eigenvalue weighted by atomic mass is 33.1. The molecule has 4 saturated carbocycles. The van der Waals surface area contributed by atoms with Crippen LogP contribution in [0.3, 0.4) is 0 Å². The van der Waals surface area contributed by atoms with Gasteiger partial charge in [0.2, 0.25) is 0 Å². The Labute approximate surface area is 564 Å². The van der Waals surface area contributed by atoms with Gasteiger partial charge in [-0.05, 0) is 211 Å². The number of aromatic hydroxyl groups is 2. The Bertz CT molecular complexity index is 3730. The van der Waals surface area contributed by atoms with Gasteiger partial charge in [0.05, 0.1) is 36.6 Å². The van der Waals surface area contributed by atoms with Gasteiger partial charge in [0.1, 0.15) is 11.9 Å². The van der Waals surface area contributed by atoms with Crippen molar-refractivity contribution in [1.29, 1.82) is 0 Å². The van der Waals surface area contributed by atoms with E-state index in [1.165, 1.54) is 31.2 Å². The molecule has 6 aliphatic rings. The average molecular weight is 1330 g/mol.